The zero-order valence-electron chi connectivity index (χ0n) is 15.2. The second kappa shape index (κ2) is 5.31. The maximum atomic E-state index is 12.2. The molecule has 4 unspecified atom stereocenters. The van der Waals surface area contributed by atoms with Crippen molar-refractivity contribution in [2.24, 2.45) is 40.4 Å². The highest BCUT2D eigenvalue weighted by Crippen LogP contribution is 2.67. The quantitative estimate of drug-likeness (QED) is 0.767. The Morgan fingerprint density at radius 3 is 2.35 bits per heavy atom. The van der Waals surface area contributed by atoms with Gasteiger partial charge >= 0.3 is 0 Å². The van der Waals surface area contributed by atoms with Gasteiger partial charge < -0.3 is 5.11 Å². The maximum absolute atomic E-state index is 12.2. The Morgan fingerprint density at radius 2 is 1.61 bits per heavy atom. The summed E-state index contributed by atoms with van der Waals surface area (Å²) in [7, 11) is 0. The van der Waals surface area contributed by atoms with Crippen LogP contribution in [0.1, 0.15) is 78.6 Å². The van der Waals surface area contributed by atoms with Crippen LogP contribution in [0.3, 0.4) is 0 Å². The number of hydrogen-bond donors (Lipinski definition) is 1. The van der Waals surface area contributed by atoms with Crippen LogP contribution in [0.2, 0.25) is 0 Å². The Labute approximate surface area is 141 Å². The molecule has 4 aliphatic carbocycles. The number of carbonyl (C=O) groups excluding carboxylic acids is 1. The van der Waals surface area contributed by atoms with E-state index in [1.54, 1.807) is 0 Å². The van der Waals surface area contributed by atoms with Crippen molar-refractivity contribution < 1.29 is 9.90 Å². The standard InChI is InChI=1S/C21H34O2/c1-13(22)17-6-7-18-16-5-4-14-12-15(23)8-10-20(14,2)19(16)9-11-21(17,18)3/h14-19,23H,4-12H2,1-3H3/t14-,15-,16?,17?,18?,19?,20-,21+/m0/s1. The molecule has 0 aromatic rings. The van der Waals surface area contributed by atoms with E-state index in [9.17, 15) is 9.90 Å². The van der Waals surface area contributed by atoms with E-state index in [-0.39, 0.29) is 11.5 Å². The molecule has 2 nitrogen and oxygen atoms in total. The maximum Gasteiger partial charge on any atom is 0.133 e. The van der Waals surface area contributed by atoms with Gasteiger partial charge in [-0.1, -0.05) is 13.8 Å². The molecule has 4 saturated carbocycles. The van der Waals surface area contributed by atoms with Crippen molar-refractivity contribution in [3.8, 4) is 0 Å². The van der Waals surface area contributed by atoms with Gasteiger partial charge in [-0.15, -0.1) is 0 Å². The fourth-order valence-electron chi connectivity index (χ4n) is 7.90. The summed E-state index contributed by atoms with van der Waals surface area (Å²) in [6.45, 7) is 6.80. The van der Waals surface area contributed by atoms with Crippen LogP contribution in [0.25, 0.3) is 0 Å². The average Bonchev–Trinajstić information content (AvgIpc) is 2.85. The fraction of sp³-hybridized carbons (Fsp3) is 0.952. The highest BCUT2D eigenvalue weighted by molar-refractivity contribution is 5.79. The number of hydrogen-bond acceptors (Lipinski definition) is 2. The van der Waals surface area contributed by atoms with Crippen LogP contribution in [0.15, 0.2) is 0 Å². The average molecular weight is 319 g/mol. The molecule has 2 heteroatoms. The molecule has 4 fully saturated rings. The van der Waals surface area contributed by atoms with Crippen LogP contribution in [-0.4, -0.2) is 17.0 Å². The molecule has 0 radical (unpaired) electrons. The third-order valence-corrected chi connectivity index (χ3v) is 9.13. The lowest BCUT2D eigenvalue weighted by Gasteiger charge is -2.60. The summed E-state index contributed by atoms with van der Waals surface area (Å²) < 4.78 is 0. The number of aliphatic hydroxyl groups excluding tert-OH is 1. The topological polar surface area (TPSA) is 37.3 Å². The zero-order valence-corrected chi connectivity index (χ0v) is 15.2. The molecular formula is C21H34O2. The first-order valence-electron chi connectivity index (χ1n) is 10.0. The number of ketones is 1. The number of carbonyl (C=O) groups is 1. The van der Waals surface area contributed by atoms with Gasteiger partial charge in [0.25, 0.3) is 0 Å². The van der Waals surface area contributed by atoms with E-state index in [4.69, 9.17) is 0 Å². The van der Waals surface area contributed by atoms with Crippen molar-refractivity contribution in [2.45, 2.75) is 84.7 Å². The minimum absolute atomic E-state index is 0.0490. The van der Waals surface area contributed by atoms with Crippen molar-refractivity contribution in [2.75, 3.05) is 0 Å². The number of aliphatic hydroxyl groups is 1. The van der Waals surface area contributed by atoms with Crippen molar-refractivity contribution in [1.29, 1.82) is 0 Å². The van der Waals surface area contributed by atoms with Crippen LogP contribution in [-0.2, 0) is 4.79 Å². The first-order valence-corrected chi connectivity index (χ1v) is 10.0. The van der Waals surface area contributed by atoms with E-state index in [1.807, 2.05) is 6.92 Å². The molecule has 0 aliphatic heterocycles. The molecular weight excluding hydrogens is 284 g/mol. The van der Waals surface area contributed by atoms with Gasteiger partial charge in [-0.2, -0.15) is 0 Å². The summed E-state index contributed by atoms with van der Waals surface area (Å²) in [5.41, 5.74) is 0.738. The minimum atomic E-state index is -0.0490. The van der Waals surface area contributed by atoms with Gasteiger partial charge in [0.15, 0.2) is 0 Å². The summed E-state index contributed by atoms with van der Waals surface area (Å²) in [4.78, 5) is 12.2. The van der Waals surface area contributed by atoms with Crippen molar-refractivity contribution in [3.05, 3.63) is 0 Å². The van der Waals surface area contributed by atoms with Gasteiger partial charge in [-0.3, -0.25) is 4.79 Å². The van der Waals surface area contributed by atoms with Gasteiger partial charge in [0, 0.05) is 5.92 Å². The molecule has 23 heavy (non-hydrogen) atoms. The van der Waals surface area contributed by atoms with Crippen LogP contribution in [0.4, 0.5) is 0 Å². The van der Waals surface area contributed by atoms with Crippen LogP contribution >= 0.6 is 0 Å². The highest BCUT2D eigenvalue weighted by Gasteiger charge is 2.60. The second-order valence-electron chi connectivity index (χ2n) is 9.87. The van der Waals surface area contributed by atoms with E-state index in [0.717, 1.165) is 42.9 Å². The Morgan fingerprint density at radius 1 is 0.913 bits per heavy atom. The lowest BCUT2D eigenvalue weighted by atomic mass is 9.44. The molecule has 0 aromatic carbocycles. The van der Waals surface area contributed by atoms with Crippen LogP contribution in [0, 0.1) is 40.4 Å². The molecule has 0 aromatic heterocycles. The summed E-state index contributed by atoms with van der Waals surface area (Å²) in [5, 5.41) is 10.1. The third-order valence-electron chi connectivity index (χ3n) is 9.13. The predicted octanol–water partition coefficient (Wildman–Crippen LogP) is 4.60. The van der Waals surface area contributed by atoms with Crippen molar-refractivity contribution >= 4 is 5.78 Å². The lowest BCUT2D eigenvalue weighted by molar-refractivity contribution is -0.138. The molecule has 4 rings (SSSR count). The Balaban J connectivity index is 1.61. The Bertz CT molecular complexity index is 500. The first kappa shape index (κ1) is 16.1. The molecule has 8 atom stereocenters. The monoisotopic (exact) mass is 318 g/mol. The zero-order chi connectivity index (χ0) is 16.4. The van der Waals surface area contributed by atoms with Gasteiger partial charge in [0.2, 0.25) is 0 Å². The molecule has 0 heterocycles. The van der Waals surface area contributed by atoms with Gasteiger partial charge in [-0.25, -0.2) is 0 Å². The predicted molar refractivity (Wildman–Crippen MR) is 91.9 cm³/mol. The molecule has 4 aliphatic rings. The number of fused-ring (bicyclic) bond motifs is 5. The molecule has 0 bridgehead atoms. The second-order valence-corrected chi connectivity index (χ2v) is 9.87. The normalized spacial score (nSPS) is 55.7. The molecule has 0 amide bonds. The van der Waals surface area contributed by atoms with E-state index >= 15 is 0 Å². The van der Waals surface area contributed by atoms with E-state index in [0.29, 0.717) is 17.1 Å². The fourth-order valence-corrected chi connectivity index (χ4v) is 7.90. The Hall–Kier alpha value is -0.370. The summed E-state index contributed by atoms with van der Waals surface area (Å²) in [5.74, 6) is 3.97. The highest BCUT2D eigenvalue weighted by atomic mass is 16.3. The lowest BCUT2D eigenvalue weighted by Crippen LogP contribution is -2.54. The summed E-state index contributed by atoms with van der Waals surface area (Å²) in [6.07, 6.45) is 10.9. The Kier molecular flexibility index (Phi) is 3.72. The van der Waals surface area contributed by atoms with Crippen molar-refractivity contribution in [3.63, 3.8) is 0 Å². The smallest absolute Gasteiger partial charge is 0.133 e. The van der Waals surface area contributed by atoms with Gasteiger partial charge in [0.05, 0.1) is 6.10 Å². The first-order chi connectivity index (χ1) is 10.9. The van der Waals surface area contributed by atoms with Crippen LogP contribution < -0.4 is 0 Å². The van der Waals surface area contributed by atoms with Gasteiger partial charge in [0.1, 0.15) is 5.78 Å². The van der Waals surface area contributed by atoms with E-state index < -0.39 is 0 Å². The SMILES string of the molecule is CC(=O)C1CCC2C3CC[C@H]4C[C@@H](O)CC[C@]4(C)C3CC[C@]12C. The minimum Gasteiger partial charge on any atom is -0.393 e. The van der Waals surface area contributed by atoms with Crippen LogP contribution in [0.5, 0.6) is 0 Å². The number of rotatable bonds is 1. The number of Topliss-reactive ketones (excluding diaryl/α,β-unsaturated/α-hetero) is 1. The molecule has 0 spiro atoms. The van der Waals surface area contributed by atoms with E-state index in [2.05, 4.69) is 13.8 Å². The molecule has 0 saturated heterocycles. The molecule has 1 N–H and O–H groups in total. The van der Waals surface area contributed by atoms with Crippen molar-refractivity contribution in [1.82, 2.24) is 0 Å². The largest absolute Gasteiger partial charge is 0.393 e. The van der Waals surface area contributed by atoms with Gasteiger partial charge in [-0.05, 0) is 99.2 Å². The summed E-state index contributed by atoms with van der Waals surface area (Å²) in [6, 6.07) is 0. The molecule has 130 valence electrons. The van der Waals surface area contributed by atoms with E-state index in [1.165, 1.54) is 38.5 Å². The summed E-state index contributed by atoms with van der Waals surface area (Å²) >= 11 is 0. The third kappa shape index (κ3) is 2.19.